The van der Waals surface area contributed by atoms with Gasteiger partial charge < -0.3 is 4.90 Å². The SMILES string of the molecule is Cc1nc(CN(C)C(=O)Cc2ccccc2[N+](=O)[O-])n[nH]1. The van der Waals surface area contributed by atoms with E-state index in [-0.39, 0.29) is 24.6 Å². The summed E-state index contributed by atoms with van der Waals surface area (Å²) in [5, 5.41) is 17.6. The Kier molecular flexibility index (Phi) is 4.27. The number of nitro benzene ring substituents is 1. The van der Waals surface area contributed by atoms with Crippen LogP contribution in [0.3, 0.4) is 0 Å². The van der Waals surface area contributed by atoms with E-state index in [1.807, 2.05) is 0 Å². The molecule has 1 amide bonds. The van der Waals surface area contributed by atoms with E-state index < -0.39 is 4.92 Å². The van der Waals surface area contributed by atoms with Crippen LogP contribution in [-0.2, 0) is 17.8 Å². The Bertz CT molecular complexity index is 667. The first-order valence-electron chi connectivity index (χ1n) is 6.31. The molecule has 0 radical (unpaired) electrons. The van der Waals surface area contributed by atoms with Gasteiger partial charge in [0.15, 0.2) is 5.82 Å². The third kappa shape index (κ3) is 3.62. The molecular formula is C13H15N5O3. The zero-order valence-corrected chi connectivity index (χ0v) is 11.7. The molecule has 0 unspecified atom stereocenters. The Labute approximate surface area is 121 Å². The van der Waals surface area contributed by atoms with Gasteiger partial charge in [0.05, 0.1) is 17.9 Å². The van der Waals surface area contributed by atoms with E-state index in [4.69, 9.17) is 0 Å². The summed E-state index contributed by atoms with van der Waals surface area (Å²) in [5.41, 5.74) is 0.346. The number of aromatic amines is 1. The molecule has 2 rings (SSSR count). The second kappa shape index (κ2) is 6.12. The van der Waals surface area contributed by atoms with Crippen LogP contribution in [0.5, 0.6) is 0 Å². The molecule has 0 spiro atoms. The third-order valence-electron chi connectivity index (χ3n) is 2.98. The molecule has 0 saturated heterocycles. The molecule has 1 aromatic carbocycles. The minimum absolute atomic E-state index is 0.0307. The zero-order valence-electron chi connectivity index (χ0n) is 11.7. The third-order valence-corrected chi connectivity index (χ3v) is 2.98. The van der Waals surface area contributed by atoms with Crippen molar-refractivity contribution in [2.75, 3.05) is 7.05 Å². The van der Waals surface area contributed by atoms with Crippen molar-refractivity contribution in [1.29, 1.82) is 0 Å². The molecule has 8 heteroatoms. The number of aromatic nitrogens is 3. The van der Waals surface area contributed by atoms with Crippen LogP contribution in [0.25, 0.3) is 0 Å². The van der Waals surface area contributed by atoms with Gasteiger partial charge in [0.1, 0.15) is 5.82 Å². The number of nitrogens with zero attached hydrogens (tertiary/aromatic N) is 4. The monoisotopic (exact) mass is 289 g/mol. The summed E-state index contributed by atoms with van der Waals surface area (Å²) in [6.07, 6.45) is -0.0307. The largest absolute Gasteiger partial charge is 0.338 e. The smallest absolute Gasteiger partial charge is 0.273 e. The van der Waals surface area contributed by atoms with Gasteiger partial charge >= 0.3 is 0 Å². The Balaban J connectivity index is 2.05. The number of rotatable bonds is 5. The molecular weight excluding hydrogens is 274 g/mol. The van der Waals surface area contributed by atoms with Crippen LogP contribution < -0.4 is 0 Å². The molecule has 110 valence electrons. The van der Waals surface area contributed by atoms with E-state index in [0.717, 1.165) is 0 Å². The molecule has 0 aliphatic heterocycles. The standard InChI is InChI=1S/C13H15N5O3/c1-9-14-12(16-15-9)8-17(2)13(19)7-10-5-3-4-6-11(10)18(20)21/h3-6H,7-8H2,1-2H3,(H,14,15,16). The van der Waals surface area contributed by atoms with E-state index in [0.29, 0.717) is 17.2 Å². The normalized spacial score (nSPS) is 10.4. The highest BCUT2D eigenvalue weighted by atomic mass is 16.6. The molecule has 1 aromatic heterocycles. The number of aryl methyl sites for hydroxylation is 1. The van der Waals surface area contributed by atoms with Gasteiger partial charge in [-0.1, -0.05) is 18.2 Å². The van der Waals surface area contributed by atoms with Gasteiger partial charge in [-0.15, -0.1) is 0 Å². The summed E-state index contributed by atoms with van der Waals surface area (Å²) in [7, 11) is 1.61. The average Bonchev–Trinajstić information content (AvgIpc) is 2.84. The molecule has 8 nitrogen and oxygen atoms in total. The van der Waals surface area contributed by atoms with Crippen LogP contribution in [-0.4, -0.2) is 38.0 Å². The first-order chi connectivity index (χ1) is 9.97. The summed E-state index contributed by atoms with van der Waals surface area (Å²) in [6, 6.07) is 6.22. The number of nitro groups is 1. The van der Waals surface area contributed by atoms with Crippen molar-refractivity contribution in [3.8, 4) is 0 Å². The fourth-order valence-corrected chi connectivity index (χ4v) is 1.90. The van der Waals surface area contributed by atoms with E-state index in [2.05, 4.69) is 15.2 Å². The predicted molar refractivity (Wildman–Crippen MR) is 74.4 cm³/mol. The molecule has 2 aromatic rings. The Morgan fingerprint density at radius 2 is 2.14 bits per heavy atom. The molecule has 0 saturated carbocycles. The molecule has 0 atom stereocenters. The predicted octanol–water partition coefficient (Wildman–Crippen LogP) is 1.22. The van der Waals surface area contributed by atoms with Gasteiger partial charge in [-0.05, 0) is 6.92 Å². The summed E-state index contributed by atoms with van der Waals surface area (Å²) < 4.78 is 0. The van der Waals surface area contributed by atoms with Crippen molar-refractivity contribution in [2.45, 2.75) is 19.9 Å². The lowest BCUT2D eigenvalue weighted by atomic mass is 10.1. The van der Waals surface area contributed by atoms with Crippen molar-refractivity contribution in [3.63, 3.8) is 0 Å². The van der Waals surface area contributed by atoms with Crippen LogP contribution >= 0.6 is 0 Å². The number of benzene rings is 1. The average molecular weight is 289 g/mol. The number of hydrogen-bond acceptors (Lipinski definition) is 5. The lowest BCUT2D eigenvalue weighted by Crippen LogP contribution is -2.28. The topological polar surface area (TPSA) is 105 Å². The first-order valence-corrected chi connectivity index (χ1v) is 6.31. The molecule has 1 heterocycles. The molecule has 21 heavy (non-hydrogen) atoms. The number of carbonyl (C=O) groups is 1. The van der Waals surface area contributed by atoms with Gasteiger partial charge in [0, 0.05) is 18.7 Å². The highest BCUT2D eigenvalue weighted by Crippen LogP contribution is 2.18. The molecule has 0 fully saturated rings. The quantitative estimate of drug-likeness (QED) is 0.658. The summed E-state index contributed by atoms with van der Waals surface area (Å²) in [5.74, 6) is 0.946. The number of likely N-dealkylation sites (N-methyl/N-ethyl adjacent to an activating group) is 1. The van der Waals surface area contributed by atoms with Gasteiger partial charge in [0.2, 0.25) is 5.91 Å². The Hall–Kier alpha value is -2.77. The minimum atomic E-state index is -0.485. The summed E-state index contributed by atoms with van der Waals surface area (Å²) >= 11 is 0. The molecule has 1 N–H and O–H groups in total. The second-order valence-electron chi connectivity index (χ2n) is 4.65. The fraction of sp³-hybridized carbons (Fsp3) is 0.308. The maximum absolute atomic E-state index is 12.1. The number of para-hydroxylation sites is 1. The van der Waals surface area contributed by atoms with Crippen molar-refractivity contribution < 1.29 is 9.72 Å². The summed E-state index contributed by atoms with van der Waals surface area (Å²) in [6.45, 7) is 2.02. The highest BCUT2D eigenvalue weighted by molar-refractivity contribution is 5.79. The fourth-order valence-electron chi connectivity index (χ4n) is 1.90. The van der Waals surface area contributed by atoms with E-state index in [1.165, 1.54) is 11.0 Å². The van der Waals surface area contributed by atoms with Crippen molar-refractivity contribution >= 4 is 11.6 Å². The van der Waals surface area contributed by atoms with Crippen LogP contribution in [0.15, 0.2) is 24.3 Å². The molecule has 0 aliphatic rings. The van der Waals surface area contributed by atoms with Gasteiger partial charge in [-0.3, -0.25) is 20.0 Å². The van der Waals surface area contributed by atoms with Gasteiger partial charge in [0.25, 0.3) is 5.69 Å². The molecule has 0 bridgehead atoms. The lowest BCUT2D eigenvalue weighted by Gasteiger charge is -2.15. The Morgan fingerprint density at radius 3 is 2.76 bits per heavy atom. The number of amides is 1. The molecule has 0 aliphatic carbocycles. The lowest BCUT2D eigenvalue weighted by molar-refractivity contribution is -0.385. The van der Waals surface area contributed by atoms with Gasteiger partial charge in [-0.2, -0.15) is 5.10 Å². The van der Waals surface area contributed by atoms with Crippen LogP contribution in [0.1, 0.15) is 17.2 Å². The number of carbonyl (C=O) groups excluding carboxylic acids is 1. The van der Waals surface area contributed by atoms with Gasteiger partial charge in [-0.25, -0.2) is 4.98 Å². The van der Waals surface area contributed by atoms with Crippen molar-refractivity contribution in [3.05, 3.63) is 51.6 Å². The van der Waals surface area contributed by atoms with Crippen molar-refractivity contribution in [1.82, 2.24) is 20.1 Å². The van der Waals surface area contributed by atoms with Crippen LogP contribution in [0.4, 0.5) is 5.69 Å². The van der Waals surface area contributed by atoms with Crippen LogP contribution in [0.2, 0.25) is 0 Å². The maximum atomic E-state index is 12.1. The Morgan fingerprint density at radius 1 is 1.43 bits per heavy atom. The number of H-pyrrole nitrogens is 1. The summed E-state index contributed by atoms with van der Waals surface area (Å²) in [4.78, 5) is 28.1. The van der Waals surface area contributed by atoms with Crippen LogP contribution in [0, 0.1) is 17.0 Å². The number of hydrogen-bond donors (Lipinski definition) is 1. The zero-order chi connectivity index (χ0) is 15.4. The maximum Gasteiger partial charge on any atom is 0.273 e. The first kappa shape index (κ1) is 14.6. The van der Waals surface area contributed by atoms with Crippen molar-refractivity contribution in [2.24, 2.45) is 0 Å². The van der Waals surface area contributed by atoms with E-state index in [9.17, 15) is 14.9 Å². The minimum Gasteiger partial charge on any atom is -0.338 e. The van der Waals surface area contributed by atoms with E-state index in [1.54, 1.807) is 32.2 Å². The van der Waals surface area contributed by atoms with E-state index >= 15 is 0 Å². The second-order valence-corrected chi connectivity index (χ2v) is 4.65. The number of nitrogens with one attached hydrogen (secondary N) is 1. The highest BCUT2D eigenvalue weighted by Gasteiger charge is 2.18.